The summed E-state index contributed by atoms with van der Waals surface area (Å²) in [5, 5.41) is 2.28. The van der Waals surface area contributed by atoms with Gasteiger partial charge in [0, 0.05) is 13.2 Å². The van der Waals surface area contributed by atoms with Crippen LogP contribution in [-0.2, 0) is 0 Å². The number of rotatable bonds is 3. The summed E-state index contributed by atoms with van der Waals surface area (Å²) in [6, 6.07) is 1.60. The standard InChI is InChI=1S/C14H10F3N3O2/c1-18-13(21)8-6-19-11(20-14(8)22)3-2-7-4-9(15)12(17)10(16)5-7/h2-6H,1H3,(H,18,21)(H,19,20,22). The summed E-state index contributed by atoms with van der Waals surface area (Å²) < 4.78 is 38.9. The van der Waals surface area contributed by atoms with E-state index in [1.54, 1.807) is 0 Å². The lowest BCUT2D eigenvalue weighted by molar-refractivity contribution is 0.0961. The number of nitrogens with one attached hydrogen (secondary N) is 2. The van der Waals surface area contributed by atoms with E-state index in [-0.39, 0.29) is 17.0 Å². The lowest BCUT2D eigenvalue weighted by atomic mass is 10.2. The van der Waals surface area contributed by atoms with Gasteiger partial charge in [-0.1, -0.05) is 6.08 Å². The van der Waals surface area contributed by atoms with E-state index >= 15 is 0 Å². The Bertz CT molecular complexity index is 792. The van der Waals surface area contributed by atoms with Gasteiger partial charge in [0.15, 0.2) is 17.5 Å². The predicted molar refractivity (Wildman–Crippen MR) is 73.5 cm³/mol. The topological polar surface area (TPSA) is 74.8 Å². The molecule has 0 unspecified atom stereocenters. The van der Waals surface area contributed by atoms with Gasteiger partial charge in [0.25, 0.3) is 11.5 Å². The van der Waals surface area contributed by atoms with Crippen molar-refractivity contribution in [2.75, 3.05) is 7.05 Å². The zero-order valence-corrected chi connectivity index (χ0v) is 11.3. The number of hydrogen-bond acceptors (Lipinski definition) is 3. The van der Waals surface area contributed by atoms with Crippen molar-refractivity contribution in [3.63, 3.8) is 0 Å². The molecule has 0 aliphatic heterocycles. The van der Waals surface area contributed by atoms with Crippen LogP contribution < -0.4 is 10.9 Å². The van der Waals surface area contributed by atoms with Crippen molar-refractivity contribution in [2.45, 2.75) is 0 Å². The third kappa shape index (κ3) is 3.22. The van der Waals surface area contributed by atoms with Crippen LogP contribution in [0, 0.1) is 17.5 Å². The maximum absolute atomic E-state index is 13.0. The SMILES string of the molecule is CNC(=O)c1cnc(C=Cc2cc(F)c(F)c(F)c2)[nH]c1=O. The fraction of sp³-hybridized carbons (Fsp3) is 0.0714. The van der Waals surface area contributed by atoms with Crippen molar-refractivity contribution >= 4 is 18.1 Å². The van der Waals surface area contributed by atoms with Gasteiger partial charge in [0.05, 0.1) is 0 Å². The quantitative estimate of drug-likeness (QED) is 0.848. The molecule has 0 radical (unpaired) electrons. The number of carbonyl (C=O) groups is 1. The molecule has 114 valence electrons. The summed E-state index contributed by atoms with van der Waals surface area (Å²) in [4.78, 5) is 29.1. The summed E-state index contributed by atoms with van der Waals surface area (Å²) in [7, 11) is 1.37. The maximum atomic E-state index is 13.0. The molecule has 0 atom stereocenters. The van der Waals surface area contributed by atoms with E-state index in [0.717, 1.165) is 18.3 Å². The number of hydrogen-bond donors (Lipinski definition) is 2. The molecular weight excluding hydrogens is 299 g/mol. The third-order valence-corrected chi connectivity index (χ3v) is 2.73. The van der Waals surface area contributed by atoms with Crippen LogP contribution in [0.15, 0.2) is 23.1 Å². The predicted octanol–water partition coefficient (Wildman–Crippen LogP) is 1.72. The van der Waals surface area contributed by atoms with Gasteiger partial charge in [0.2, 0.25) is 0 Å². The van der Waals surface area contributed by atoms with Crippen molar-refractivity contribution in [1.82, 2.24) is 15.3 Å². The van der Waals surface area contributed by atoms with Gasteiger partial charge in [-0.05, 0) is 23.8 Å². The summed E-state index contributed by atoms with van der Waals surface area (Å²) in [6.45, 7) is 0. The second-order valence-electron chi connectivity index (χ2n) is 4.22. The van der Waals surface area contributed by atoms with Gasteiger partial charge in [-0.25, -0.2) is 18.2 Å². The molecule has 22 heavy (non-hydrogen) atoms. The minimum Gasteiger partial charge on any atom is -0.355 e. The van der Waals surface area contributed by atoms with Gasteiger partial charge in [-0.2, -0.15) is 0 Å². The van der Waals surface area contributed by atoms with E-state index in [0.29, 0.717) is 0 Å². The summed E-state index contributed by atoms with van der Waals surface area (Å²) in [6.07, 6.45) is 3.58. The highest BCUT2D eigenvalue weighted by Crippen LogP contribution is 2.15. The van der Waals surface area contributed by atoms with Crippen molar-refractivity contribution in [2.24, 2.45) is 0 Å². The first-order valence-electron chi connectivity index (χ1n) is 6.06. The minimum absolute atomic E-state index is 0.0504. The number of carbonyl (C=O) groups excluding carboxylic acids is 1. The molecule has 0 bridgehead atoms. The first kappa shape index (κ1) is 15.5. The van der Waals surface area contributed by atoms with Crippen molar-refractivity contribution in [1.29, 1.82) is 0 Å². The number of aromatic amines is 1. The lowest BCUT2D eigenvalue weighted by Gasteiger charge is -2.00. The van der Waals surface area contributed by atoms with E-state index < -0.39 is 28.9 Å². The van der Waals surface area contributed by atoms with E-state index in [1.807, 2.05) is 0 Å². The van der Waals surface area contributed by atoms with E-state index in [1.165, 1.54) is 19.2 Å². The van der Waals surface area contributed by atoms with Gasteiger partial charge in [-0.15, -0.1) is 0 Å². The molecule has 0 aliphatic rings. The molecule has 0 saturated carbocycles. The number of aromatic nitrogens is 2. The van der Waals surface area contributed by atoms with Crippen molar-refractivity contribution < 1.29 is 18.0 Å². The molecular formula is C14H10F3N3O2. The molecule has 2 rings (SSSR count). The number of H-pyrrole nitrogens is 1. The molecule has 1 amide bonds. The summed E-state index contributed by atoms with van der Waals surface area (Å²) in [5.41, 5.74) is -0.779. The number of amides is 1. The Morgan fingerprint density at radius 2 is 1.86 bits per heavy atom. The van der Waals surface area contributed by atoms with Crippen LogP contribution in [0.1, 0.15) is 21.7 Å². The molecule has 0 fully saturated rings. The molecule has 0 saturated heterocycles. The lowest BCUT2D eigenvalue weighted by Crippen LogP contribution is -2.27. The van der Waals surface area contributed by atoms with Crippen LogP contribution in [0.4, 0.5) is 13.2 Å². The van der Waals surface area contributed by atoms with Crippen LogP contribution in [0.3, 0.4) is 0 Å². The van der Waals surface area contributed by atoms with Crippen molar-refractivity contribution in [3.05, 3.63) is 63.1 Å². The highest BCUT2D eigenvalue weighted by atomic mass is 19.2. The van der Waals surface area contributed by atoms with Crippen LogP contribution in [-0.4, -0.2) is 22.9 Å². The Morgan fingerprint density at radius 3 is 2.41 bits per heavy atom. The largest absolute Gasteiger partial charge is 0.355 e. The first-order valence-corrected chi connectivity index (χ1v) is 6.06. The summed E-state index contributed by atoms with van der Waals surface area (Å²) >= 11 is 0. The normalized spacial score (nSPS) is 10.9. The molecule has 1 aromatic carbocycles. The first-order chi connectivity index (χ1) is 10.4. The fourth-order valence-electron chi connectivity index (χ4n) is 1.64. The molecule has 2 aromatic rings. The molecule has 8 heteroatoms. The minimum atomic E-state index is -1.56. The molecule has 2 N–H and O–H groups in total. The average Bonchev–Trinajstić information content (AvgIpc) is 2.49. The Kier molecular flexibility index (Phi) is 4.40. The molecule has 1 aromatic heterocycles. The van der Waals surface area contributed by atoms with Crippen molar-refractivity contribution in [3.8, 4) is 0 Å². The molecule has 0 aliphatic carbocycles. The van der Waals surface area contributed by atoms with Gasteiger partial charge in [0.1, 0.15) is 11.4 Å². The Labute approximate surface area is 122 Å². The van der Waals surface area contributed by atoms with E-state index in [2.05, 4.69) is 15.3 Å². The monoisotopic (exact) mass is 309 g/mol. The van der Waals surface area contributed by atoms with Gasteiger partial charge in [-0.3, -0.25) is 9.59 Å². The zero-order valence-electron chi connectivity index (χ0n) is 11.3. The molecule has 5 nitrogen and oxygen atoms in total. The van der Waals surface area contributed by atoms with Crippen LogP contribution >= 0.6 is 0 Å². The number of nitrogens with zero attached hydrogens (tertiary/aromatic N) is 1. The highest BCUT2D eigenvalue weighted by molar-refractivity contribution is 5.93. The van der Waals surface area contributed by atoms with E-state index in [9.17, 15) is 22.8 Å². The molecule has 0 spiro atoms. The Hall–Kier alpha value is -2.90. The Balaban J connectivity index is 2.29. The zero-order chi connectivity index (χ0) is 16.3. The number of benzene rings is 1. The third-order valence-electron chi connectivity index (χ3n) is 2.73. The van der Waals surface area contributed by atoms with Crippen LogP contribution in [0.2, 0.25) is 0 Å². The van der Waals surface area contributed by atoms with Crippen LogP contribution in [0.25, 0.3) is 12.2 Å². The highest BCUT2D eigenvalue weighted by Gasteiger charge is 2.10. The van der Waals surface area contributed by atoms with Crippen LogP contribution in [0.5, 0.6) is 0 Å². The van der Waals surface area contributed by atoms with Gasteiger partial charge < -0.3 is 10.3 Å². The second kappa shape index (κ2) is 6.25. The smallest absolute Gasteiger partial charge is 0.263 e. The molecule has 1 heterocycles. The Morgan fingerprint density at radius 1 is 1.23 bits per heavy atom. The number of halogens is 3. The second-order valence-corrected chi connectivity index (χ2v) is 4.22. The van der Waals surface area contributed by atoms with Gasteiger partial charge >= 0.3 is 0 Å². The fourth-order valence-corrected chi connectivity index (χ4v) is 1.64. The summed E-state index contributed by atoms with van der Waals surface area (Å²) in [5.74, 6) is -4.72. The average molecular weight is 309 g/mol. The maximum Gasteiger partial charge on any atom is 0.263 e. The van der Waals surface area contributed by atoms with E-state index in [4.69, 9.17) is 0 Å².